The van der Waals surface area contributed by atoms with Crippen LogP contribution < -0.4 is 10.9 Å². The molecule has 1 N–H and O–H groups in total. The number of anilines is 1. The second-order valence-corrected chi connectivity index (χ2v) is 9.35. The highest BCUT2D eigenvalue weighted by atomic mass is 32.2. The van der Waals surface area contributed by atoms with Crippen LogP contribution in [0, 0.1) is 5.92 Å². The minimum atomic E-state index is -2.51. The lowest BCUT2D eigenvalue weighted by Crippen LogP contribution is -2.29. The molecule has 2 aromatic carbocycles. The average Bonchev–Trinajstić information content (AvgIpc) is 3.10. The predicted octanol–water partition coefficient (Wildman–Crippen LogP) is 5.23. The average molecular weight is 461 g/mol. The van der Waals surface area contributed by atoms with E-state index in [1.807, 2.05) is 13.8 Å². The third kappa shape index (κ3) is 4.59. The molecule has 0 fully saturated rings. The third-order valence-electron chi connectivity index (χ3n) is 4.43. The zero-order valence-corrected chi connectivity index (χ0v) is 18.3. The molecule has 4 aromatic rings. The van der Waals surface area contributed by atoms with Crippen molar-refractivity contribution in [3.8, 4) is 0 Å². The molecule has 0 aliphatic heterocycles. The number of carbonyl (C=O) groups is 1. The van der Waals surface area contributed by atoms with Gasteiger partial charge in [0.05, 0.1) is 15.6 Å². The number of rotatable bonds is 6. The Morgan fingerprint density at radius 3 is 2.65 bits per heavy atom. The molecule has 0 unspecified atom stereocenters. The smallest absolute Gasteiger partial charge is 0.288 e. The van der Waals surface area contributed by atoms with Crippen LogP contribution in [0.2, 0.25) is 0 Å². The summed E-state index contributed by atoms with van der Waals surface area (Å²) in [5.74, 6) is -2.83. The number of hydrogen-bond donors (Lipinski definition) is 1. The van der Waals surface area contributed by atoms with E-state index in [4.69, 9.17) is 0 Å². The molecule has 0 saturated carbocycles. The number of thiazole rings is 1. The number of aromatic nitrogens is 3. The fraction of sp³-hybridized carbons (Fsp3) is 0.238. The number of halogens is 2. The molecule has 31 heavy (non-hydrogen) atoms. The van der Waals surface area contributed by atoms with Crippen molar-refractivity contribution in [2.24, 2.45) is 5.92 Å². The van der Waals surface area contributed by atoms with E-state index < -0.39 is 11.7 Å². The molecule has 1 amide bonds. The van der Waals surface area contributed by atoms with E-state index >= 15 is 0 Å². The molecule has 0 spiro atoms. The van der Waals surface area contributed by atoms with Gasteiger partial charge in [-0.3, -0.25) is 14.9 Å². The maximum atomic E-state index is 13.0. The van der Waals surface area contributed by atoms with E-state index in [9.17, 15) is 18.4 Å². The van der Waals surface area contributed by atoms with Crippen LogP contribution in [0.3, 0.4) is 0 Å². The molecule has 2 heterocycles. The van der Waals surface area contributed by atoms with E-state index in [-0.39, 0.29) is 17.2 Å². The van der Waals surface area contributed by atoms with Crippen molar-refractivity contribution in [2.45, 2.75) is 31.0 Å². The molecule has 0 aliphatic rings. The van der Waals surface area contributed by atoms with Crippen molar-refractivity contribution in [3.63, 3.8) is 0 Å². The van der Waals surface area contributed by atoms with Gasteiger partial charge in [0, 0.05) is 16.8 Å². The molecule has 0 bridgehead atoms. The SMILES string of the molecule is CC(C)Cn1nc(C(=O)Nc2nc3ccc(SC(F)F)cc3s2)c2ccccc2c1=O. The normalized spacial score (nSPS) is 11.7. The van der Waals surface area contributed by atoms with Gasteiger partial charge in [-0.25, -0.2) is 9.67 Å². The molecular weight excluding hydrogens is 442 g/mol. The van der Waals surface area contributed by atoms with Gasteiger partial charge in [0.25, 0.3) is 17.2 Å². The van der Waals surface area contributed by atoms with Gasteiger partial charge in [-0.1, -0.05) is 55.1 Å². The molecule has 2 aromatic heterocycles. The molecule has 0 aliphatic carbocycles. The highest BCUT2D eigenvalue weighted by Gasteiger charge is 2.19. The Morgan fingerprint density at radius 2 is 1.94 bits per heavy atom. The second-order valence-electron chi connectivity index (χ2n) is 7.26. The number of alkyl halides is 2. The maximum Gasteiger partial charge on any atom is 0.288 e. The van der Waals surface area contributed by atoms with Crippen LogP contribution >= 0.6 is 23.1 Å². The Bertz CT molecular complexity index is 1330. The van der Waals surface area contributed by atoms with Crippen LogP contribution in [-0.2, 0) is 6.54 Å². The van der Waals surface area contributed by atoms with Crippen molar-refractivity contribution in [1.82, 2.24) is 14.8 Å². The first-order valence-corrected chi connectivity index (χ1v) is 11.2. The van der Waals surface area contributed by atoms with Crippen LogP contribution in [0.25, 0.3) is 21.0 Å². The Labute approximate surface area is 184 Å². The fourth-order valence-electron chi connectivity index (χ4n) is 3.16. The largest absolute Gasteiger partial charge is 0.296 e. The molecule has 4 rings (SSSR count). The molecule has 6 nitrogen and oxygen atoms in total. The molecule has 0 radical (unpaired) electrons. The highest BCUT2D eigenvalue weighted by Crippen LogP contribution is 2.32. The Kier molecular flexibility index (Phi) is 6.01. The number of nitrogens with one attached hydrogen (secondary N) is 1. The van der Waals surface area contributed by atoms with Crippen LogP contribution in [0.1, 0.15) is 24.3 Å². The zero-order chi connectivity index (χ0) is 22.1. The van der Waals surface area contributed by atoms with Crippen molar-refractivity contribution in [3.05, 3.63) is 58.5 Å². The number of fused-ring (bicyclic) bond motifs is 2. The number of benzene rings is 2. The summed E-state index contributed by atoms with van der Waals surface area (Å²) in [5.41, 5.74) is 0.482. The lowest BCUT2D eigenvalue weighted by molar-refractivity contribution is 0.102. The maximum absolute atomic E-state index is 13.0. The van der Waals surface area contributed by atoms with E-state index in [2.05, 4.69) is 15.4 Å². The third-order valence-corrected chi connectivity index (χ3v) is 6.06. The summed E-state index contributed by atoms with van der Waals surface area (Å²) in [6.45, 7) is 4.31. The summed E-state index contributed by atoms with van der Waals surface area (Å²) in [5, 5.41) is 8.26. The minimum absolute atomic E-state index is 0.129. The van der Waals surface area contributed by atoms with Crippen LogP contribution in [0.15, 0.2) is 52.2 Å². The zero-order valence-electron chi connectivity index (χ0n) is 16.6. The van der Waals surface area contributed by atoms with Gasteiger partial charge in [-0.05, 0) is 30.2 Å². The topological polar surface area (TPSA) is 76.9 Å². The molecule has 0 saturated heterocycles. The van der Waals surface area contributed by atoms with Crippen LogP contribution in [0.4, 0.5) is 13.9 Å². The number of hydrogen-bond acceptors (Lipinski definition) is 6. The van der Waals surface area contributed by atoms with E-state index in [0.717, 1.165) is 0 Å². The van der Waals surface area contributed by atoms with Gasteiger partial charge in [-0.2, -0.15) is 13.9 Å². The summed E-state index contributed by atoms with van der Waals surface area (Å²) < 4.78 is 27.2. The molecular formula is C21H18F2N4O2S2. The van der Waals surface area contributed by atoms with Crippen LogP contribution in [-0.4, -0.2) is 26.4 Å². The molecule has 0 atom stereocenters. The Hall–Kier alpha value is -2.85. The minimum Gasteiger partial charge on any atom is -0.296 e. The van der Waals surface area contributed by atoms with Crippen molar-refractivity contribution in [1.29, 1.82) is 0 Å². The van der Waals surface area contributed by atoms with Gasteiger partial charge in [-0.15, -0.1) is 0 Å². The van der Waals surface area contributed by atoms with E-state index in [0.29, 0.717) is 49.3 Å². The first-order valence-electron chi connectivity index (χ1n) is 9.48. The van der Waals surface area contributed by atoms with Crippen molar-refractivity contribution >= 4 is 55.1 Å². The van der Waals surface area contributed by atoms with Crippen molar-refractivity contribution in [2.75, 3.05) is 5.32 Å². The van der Waals surface area contributed by atoms with Gasteiger partial charge < -0.3 is 0 Å². The number of nitrogens with zero attached hydrogens (tertiary/aromatic N) is 3. The predicted molar refractivity (Wildman–Crippen MR) is 120 cm³/mol. The van der Waals surface area contributed by atoms with Gasteiger partial charge in [0.1, 0.15) is 0 Å². The summed E-state index contributed by atoms with van der Waals surface area (Å²) in [7, 11) is 0. The van der Waals surface area contributed by atoms with Crippen molar-refractivity contribution < 1.29 is 13.6 Å². The number of amides is 1. The second kappa shape index (κ2) is 8.72. The van der Waals surface area contributed by atoms with Gasteiger partial charge >= 0.3 is 0 Å². The van der Waals surface area contributed by atoms with Gasteiger partial charge in [0.2, 0.25) is 0 Å². The summed E-state index contributed by atoms with van der Waals surface area (Å²) in [6, 6.07) is 11.7. The lowest BCUT2D eigenvalue weighted by Gasteiger charge is -2.12. The molecule has 160 valence electrons. The lowest BCUT2D eigenvalue weighted by atomic mass is 10.1. The summed E-state index contributed by atoms with van der Waals surface area (Å²) in [4.78, 5) is 30.6. The summed E-state index contributed by atoms with van der Waals surface area (Å²) >= 11 is 1.65. The summed E-state index contributed by atoms with van der Waals surface area (Å²) in [6.07, 6.45) is 0. The van der Waals surface area contributed by atoms with Crippen LogP contribution in [0.5, 0.6) is 0 Å². The first kappa shape index (κ1) is 21.4. The number of carbonyl (C=O) groups excluding carboxylic acids is 1. The quantitative estimate of drug-likeness (QED) is 0.399. The van der Waals surface area contributed by atoms with Gasteiger partial charge in [0.15, 0.2) is 10.8 Å². The van der Waals surface area contributed by atoms with E-state index in [1.165, 1.54) is 16.0 Å². The standard InChI is InChI=1S/C21H18F2N4O2S2/c1-11(2)10-27-19(29)14-6-4-3-5-13(14)17(26-27)18(28)25-21-24-15-8-7-12(30-20(22)23)9-16(15)31-21/h3-9,11,20H,10H2,1-2H3,(H,24,25,28). The monoisotopic (exact) mass is 460 g/mol. The fourth-order valence-corrected chi connectivity index (χ4v) is 4.68. The molecule has 10 heteroatoms. The Morgan fingerprint density at radius 1 is 1.19 bits per heavy atom. The highest BCUT2D eigenvalue weighted by molar-refractivity contribution is 7.99. The Balaban J connectivity index is 1.70. The number of thioether (sulfide) groups is 1. The van der Waals surface area contributed by atoms with E-state index in [1.54, 1.807) is 42.5 Å². The first-order chi connectivity index (χ1) is 14.8.